The number of amides is 1. The van der Waals surface area contributed by atoms with Gasteiger partial charge in [-0.3, -0.25) is 9.69 Å². The van der Waals surface area contributed by atoms with Crippen molar-refractivity contribution in [2.24, 2.45) is 5.73 Å². The summed E-state index contributed by atoms with van der Waals surface area (Å²) in [5.74, 6) is -0.0837. The van der Waals surface area contributed by atoms with E-state index in [4.69, 9.17) is 10.5 Å². The smallest absolute Gasteiger partial charge is 0.237 e. The molecule has 0 spiro atoms. The van der Waals surface area contributed by atoms with Gasteiger partial charge in [0.05, 0.1) is 19.3 Å². The van der Waals surface area contributed by atoms with Gasteiger partial charge in [0.15, 0.2) is 0 Å². The van der Waals surface area contributed by atoms with Crippen LogP contribution in [0.15, 0.2) is 30.3 Å². The second-order valence-electron chi connectivity index (χ2n) is 5.62. The fourth-order valence-electron chi connectivity index (χ4n) is 2.53. The van der Waals surface area contributed by atoms with Gasteiger partial charge in [-0.2, -0.15) is 0 Å². The standard InChI is InChI=1S/C16H25N3O2.2ClH/c1-13(12-19-7-9-21-10-8-19)18-16(20)15(17)11-14-5-3-2-4-6-14;;/h2-6,13,15H,7-12,17H2,1H3,(H,18,20);2*1H/t13?,15-;;/m0../s1. The lowest BCUT2D eigenvalue weighted by atomic mass is 10.1. The van der Waals surface area contributed by atoms with Gasteiger partial charge < -0.3 is 15.8 Å². The third-order valence-corrected chi connectivity index (χ3v) is 3.66. The van der Waals surface area contributed by atoms with Crippen LogP contribution >= 0.6 is 24.8 Å². The quantitative estimate of drug-likeness (QED) is 0.797. The zero-order valence-electron chi connectivity index (χ0n) is 13.4. The Kier molecular flexibility index (Phi) is 11.2. The number of hydrogen-bond acceptors (Lipinski definition) is 4. The van der Waals surface area contributed by atoms with Crippen molar-refractivity contribution >= 4 is 30.7 Å². The van der Waals surface area contributed by atoms with E-state index in [0.29, 0.717) is 6.42 Å². The van der Waals surface area contributed by atoms with Gasteiger partial charge in [0.1, 0.15) is 0 Å². The van der Waals surface area contributed by atoms with Gasteiger partial charge in [-0.1, -0.05) is 30.3 Å². The Bertz CT molecular complexity index is 442. The molecule has 132 valence electrons. The molecule has 7 heteroatoms. The Labute approximate surface area is 150 Å². The lowest BCUT2D eigenvalue weighted by Gasteiger charge is -2.29. The molecular formula is C16H27Cl2N3O2. The second kappa shape index (κ2) is 11.6. The van der Waals surface area contributed by atoms with Crippen LogP contribution in [0.5, 0.6) is 0 Å². The van der Waals surface area contributed by atoms with Crippen LogP contribution in [0.2, 0.25) is 0 Å². The van der Waals surface area contributed by atoms with E-state index in [2.05, 4.69) is 10.2 Å². The number of nitrogens with two attached hydrogens (primary N) is 1. The first kappa shape index (κ1) is 22.1. The van der Waals surface area contributed by atoms with Crippen LogP contribution in [0.4, 0.5) is 0 Å². The highest BCUT2D eigenvalue weighted by Gasteiger charge is 2.18. The van der Waals surface area contributed by atoms with Crippen LogP contribution < -0.4 is 11.1 Å². The zero-order valence-corrected chi connectivity index (χ0v) is 15.1. The van der Waals surface area contributed by atoms with Gasteiger partial charge >= 0.3 is 0 Å². The number of morpholine rings is 1. The van der Waals surface area contributed by atoms with Crippen LogP contribution in [0, 0.1) is 0 Å². The predicted octanol–water partition coefficient (Wildman–Crippen LogP) is 1.24. The normalized spacial score (nSPS) is 17.3. The summed E-state index contributed by atoms with van der Waals surface area (Å²) in [7, 11) is 0. The van der Waals surface area contributed by atoms with E-state index in [1.165, 1.54) is 0 Å². The van der Waals surface area contributed by atoms with Crippen LogP contribution in [-0.2, 0) is 16.0 Å². The largest absolute Gasteiger partial charge is 0.379 e. The average molecular weight is 364 g/mol. The molecule has 1 heterocycles. The van der Waals surface area contributed by atoms with Crippen molar-refractivity contribution in [1.82, 2.24) is 10.2 Å². The maximum Gasteiger partial charge on any atom is 0.237 e. The molecule has 1 unspecified atom stereocenters. The van der Waals surface area contributed by atoms with Crippen molar-refractivity contribution in [3.63, 3.8) is 0 Å². The molecule has 23 heavy (non-hydrogen) atoms. The molecular weight excluding hydrogens is 337 g/mol. The number of rotatable bonds is 6. The topological polar surface area (TPSA) is 67.6 Å². The monoisotopic (exact) mass is 363 g/mol. The Morgan fingerprint density at radius 1 is 1.26 bits per heavy atom. The number of carbonyl (C=O) groups is 1. The highest BCUT2D eigenvalue weighted by atomic mass is 35.5. The Morgan fingerprint density at radius 2 is 1.87 bits per heavy atom. The van der Waals surface area contributed by atoms with Crippen LogP contribution in [0.3, 0.4) is 0 Å². The van der Waals surface area contributed by atoms with Crippen LogP contribution in [0.25, 0.3) is 0 Å². The molecule has 2 atom stereocenters. The third-order valence-electron chi connectivity index (χ3n) is 3.66. The number of nitrogens with one attached hydrogen (secondary N) is 1. The Hall–Kier alpha value is -0.850. The highest BCUT2D eigenvalue weighted by molar-refractivity contribution is 5.85. The van der Waals surface area contributed by atoms with E-state index in [1.54, 1.807) is 0 Å². The number of hydrogen-bond donors (Lipinski definition) is 2. The van der Waals surface area contributed by atoms with E-state index < -0.39 is 6.04 Å². The van der Waals surface area contributed by atoms with Crippen LogP contribution in [0.1, 0.15) is 12.5 Å². The molecule has 1 amide bonds. The third kappa shape index (κ3) is 7.99. The molecule has 5 nitrogen and oxygen atoms in total. The average Bonchev–Trinajstić information content (AvgIpc) is 2.49. The summed E-state index contributed by atoms with van der Waals surface area (Å²) in [6, 6.07) is 9.45. The van der Waals surface area contributed by atoms with Crippen LogP contribution in [-0.4, -0.2) is 55.7 Å². The summed E-state index contributed by atoms with van der Waals surface area (Å²) in [6.07, 6.45) is 0.566. The fourth-order valence-corrected chi connectivity index (χ4v) is 2.53. The molecule has 1 aliphatic heterocycles. The number of halogens is 2. The SMILES string of the molecule is CC(CN1CCOCC1)NC(=O)[C@@H](N)Cc1ccccc1.Cl.Cl. The molecule has 0 aromatic heterocycles. The van der Waals surface area contributed by atoms with Crippen molar-refractivity contribution in [2.45, 2.75) is 25.4 Å². The summed E-state index contributed by atoms with van der Waals surface area (Å²) < 4.78 is 5.32. The van der Waals surface area contributed by atoms with Gasteiger partial charge in [0, 0.05) is 25.7 Å². The molecule has 0 bridgehead atoms. The summed E-state index contributed by atoms with van der Waals surface area (Å²) >= 11 is 0. The van der Waals surface area contributed by atoms with E-state index in [-0.39, 0.29) is 36.8 Å². The molecule has 0 saturated carbocycles. The maximum atomic E-state index is 12.1. The molecule has 0 radical (unpaired) electrons. The van der Waals surface area contributed by atoms with Crippen molar-refractivity contribution < 1.29 is 9.53 Å². The van der Waals surface area contributed by atoms with Crippen molar-refractivity contribution in [2.75, 3.05) is 32.8 Å². The van der Waals surface area contributed by atoms with Gasteiger partial charge in [-0.15, -0.1) is 24.8 Å². The minimum atomic E-state index is -0.500. The zero-order chi connectivity index (χ0) is 15.1. The summed E-state index contributed by atoms with van der Waals surface area (Å²) in [5.41, 5.74) is 7.07. The number of carbonyl (C=O) groups excluding carboxylic acids is 1. The molecule has 1 aromatic carbocycles. The van der Waals surface area contributed by atoms with E-state index in [0.717, 1.165) is 38.4 Å². The molecule has 2 rings (SSSR count). The van der Waals surface area contributed by atoms with E-state index >= 15 is 0 Å². The van der Waals surface area contributed by atoms with Gasteiger partial charge in [-0.25, -0.2) is 0 Å². The molecule has 1 saturated heterocycles. The van der Waals surface area contributed by atoms with E-state index in [9.17, 15) is 4.79 Å². The Balaban J connectivity index is 0.00000242. The number of nitrogens with zero attached hydrogens (tertiary/aromatic N) is 1. The molecule has 1 fully saturated rings. The predicted molar refractivity (Wildman–Crippen MR) is 97.5 cm³/mol. The fraction of sp³-hybridized carbons (Fsp3) is 0.562. The van der Waals surface area contributed by atoms with Crippen molar-refractivity contribution in [3.05, 3.63) is 35.9 Å². The summed E-state index contributed by atoms with van der Waals surface area (Å²) in [4.78, 5) is 14.4. The highest BCUT2D eigenvalue weighted by Crippen LogP contribution is 2.03. The van der Waals surface area contributed by atoms with Gasteiger partial charge in [0.2, 0.25) is 5.91 Å². The number of ether oxygens (including phenoxy) is 1. The second-order valence-corrected chi connectivity index (χ2v) is 5.62. The molecule has 1 aliphatic rings. The molecule has 0 aliphatic carbocycles. The maximum absolute atomic E-state index is 12.1. The van der Waals surface area contributed by atoms with Gasteiger partial charge in [-0.05, 0) is 18.9 Å². The minimum absolute atomic E-state index is 0. The van der Waals surface area contributed by atoms with Crippen molar-refractivity contribution in [1.29, 1.82) is 0 Å². The lowest BCUT2D eigenvalue weighted by Crippen LogP contribution is -2.50. The first-order valence-electron chi connectivity index (χ1n) is 7.55. The molecule has 1 aromatic rings. The molecule has 3 N–H and O–H groups in total. The summed E-state index contributed by atoms with van der Waals surface area (Å²) in [5, 5.41) is 3.00. The first-order valence-corrected chi connectivity index (χ1v) is 7.55. The van der Waals surface area contributed by atoms with Crippen molar-refractivity contribution in [3.8, 4) is 0 Å². The Morgan fingerprint density at radius 3 is 2.48 bits per heavy atom. The summed E-state index contributed by atoms with van der Waals surface area (Å²) in [6.45, 7) is 6.25. The number of benzene rings is 1. The lowest BCUT2D eigenvalue weighted by molar-refractivity contribution is -0.123. The van der Waals surface area contributed by atoms with Gasteiger partial charge in [0.25, 0.3) is 0 Å². The minimum Gasteiger partial charge on any atom is -0.379 e. The first-order chi connectivity index (χ1) is 10.1. The van der Waals surface area contributed by atoms with E-state index in [1.807, 2.05) is 37.3 Å².